The summed E-state index contributed by atoms with van der Waals surface area (Å²) in [5.74, 6) is -0.484. The van der Waals surface area contributed by atoms with Crippen molar-refractivity contribution in [1.29, 1.82) is 0 Å². The molecule has 1 saturated heterocycles. The lowest BCUT2D eigenvalue weighted by Gasteiger charge is -2.47. The minimum absolute atomic E-state index is 0.0859. The Morgan fingerprint density at radius 1 is 1.12 bits per heavy atom. The Labute approximate surface area is 207 Å². The highest BCUT2D eigenvalue weighted by atomic mass is 32.1. The van der Waals surface area contributed by atoms with Gasteiger partial charge in [-0.15, -0.1) is 0 Å². The van der Waals surface area contributed by atoms with Crippen LogP contribution in [-0.4, -0.2) is 29.0 Å². The maximum Gasteiger partial charge on any atom is 0.270 e. The zero-order valence-corrected chi connectivity index (χ0v) is 21.7. The number of hydrogen-bond donors (Lipinski definition) is 1. The molecular weight excluding hydrogens is 442 g/mol. The summed E-state index contributed by atoms with van der Waals surface area (Å²) in [6.07, 6.45) is 3.81. The summed E-state index contributed by atoms with van der Waals surface area (Å²) in [6.45, 7) is 14.0. The van der Waals surface area contributed by atoms with Crippen molar-refractivity contribution in [2.75, 3.05) is 16.3 Å². The van der Waals surface area contributed by atoms with E-state index in [9.17, 15) is 9.59 Å². The van der Waals surface area contributed by atoms with E-state index >= 15 is 0 Å². The Morgan fingerprint density at radius 2 is 1.82 bits per heavy atom. The summed E-state index contributed by atoms with van der Waals surface area (Å²) in [5, 5.41) is 2.80. The number of amides is 2. The number of hydrogen-bond acceptors (Lipinski definition) is 4. The molecule has 1 fully saturated rings. The Balaban J connectivity index is 1.73. The number of aryl methyl sites for hydroxylation is 2. The number of anilines is 2. The second-order valence-corrected chi connectivity index (χ2v) is 10.5. The highest BCUT2D eigenvalue weighted by Gasteiger charge is 2.37. The van der Waals surface area contributed by atoms with Crippen LogP contribution in [0.3, 0.4) is 0 Å². The average Bonchev–Trinajstić information content (AvgIpc) is 2.75. The third kappa shape index (κ3) is 4.27. The van der Waals surface area contributed by atoms with Gasteiger partial charge in [0.25, 0.3) is 11.8 Å². The summed E-state index contributed by atoms with van der Waals surface area (Å²) in [4.78, 5) is 30.2. The van der Waals surface area contributed by atoms with Gasteiger partial charge in [0.15, 0.2) is 5.11 Å². The van der Waals surface area contributed by atoms with Crippen LogP contribution in [0, 0.1) is 13.8 Å². The van der Waals surface area contributed by atoms with E-state index in [1.165, 1.54) is 16.2 Å². The van der Waals surface area contributed by atoms with Gasteiger partial charge in [-0.05, 0) is 99.6 Å². The van der Waals surface area contributed by atoms with Crippen molar-refractivity contribution in [3.63, 3.8) is 0 Å². The third-order valence-electron chi connectivity index (χ3n) is 6.86. The first kappa shape index (κ1) is 24.1. The van der Waals surface area contributed by atoms with E-state index in [1.54, 1.807) is 6.08 Å². The van der Waals surface area contributed by atoms with E-state index in [-0.39, 0.29) is 16.2 Å². The molecule has 34 heavy (non-hydrogen) atoms. The molecule has 2 aromatic rings. The summed E-state index contributed by atoms with van der Waals surface area (Å²) < 4.78 is 0. The van der Waals surface area contributed by atoms with Crippen molar-refractivity contribution >= 4 is 46.6 Å². The molecule has 0 aromatic heterocycles. The fourth-order valence-corrected chi connectivity index (χ4v) is 5.62. The predicted molar refractivity (Wildman–Crippen MR) is 143 cm³/mol. The smallest absolute Gasteiger partial charge is 0.270 e. The summed E-state index contributed by atoms with van der Waals surface area (Å²) >= 11 is 5.37. The number of carbonyl (C=O) groups is 2. The number of carbonyl (C=O) groups excluding carboxylic acids is 2. The van der Waals surface area contributed by atoms with Crippen LogP contribution < -0.4 is 15.1 Å². The molecule has 0 saturated carbocycles. The summed E-state index contributed by atoms with van der Waals surface area (Å²) in [5.41, 5.74) is 6.22. The molecule has 178 valence electrons. The monoisotopic (exact) mass is 475 g/mol. The number of benzene rings is 2. The van der Waals surface area contributed by atoms with Gasteiger partial charge in [0, 0.05) is 17.8 Å². The molecule has 0 radical (unpaired) electrons. The lowest BCUT2D eigenvalue weighted by atomic mass is 9.79. The maximum atomic E-state index is 13.5. The van der Waals surface area contributed by atoms with Crippen molar-refractivity contribution < 1.29 is 9.59 Å². The number of nitrogens with zero attached hydrogens (tertiary/aromatic N) is 2. The Hall–Kier alpha value is -2.99. The van der Waals surface area contributed by atoms with Gasteiger partial charge in [-0.25, -0.2) is 0 Å². The zero-order chi connectivity index (χ0) is 24.8. The van der Waals surface area contributed by atoms with Gasteiger partial charge in [0.1, 0.15) is 5.57 Å². The second kappa shape index (κ2) is 8.99. The SMILES string of the molecule is CCCN1c2ccc(/C=C3/C(=O)NC(=S)N(c4ccc(C)cc4C)C3=O)cc2C(C)CC1(C)C. The van der Waals surface area contributed by atoms with E-state index in [4.69, 9.17) is 12.2 Å². The van der Waals surface area contributed by atoms with Crippen LogP contribution in [0.4, 0.5) is 11.4 Å². The molecule has 1 unspecified atom stereocenters. The van der Waals surface area contributed by atoms with Crippen LogP contribution in [0.15, 0.2) is 42.0 Å². The van der Waals surface area contributed by atoms with Gasteiger partial charge in [-0.1, -0.05) is 37.6 Å². The maximum absolute atomic E-state index is 13.5. The molecule has 6 heteroatoms. The molecule has 2 aliphatic rings. The molecule has 0 bridgehead atoms. The van der Waals surface area contributed by atoms with Gasteiger partial charge in [0.05, 0.1) is 5.69 Å². The number of nitrogens with one attached hydrogen (secondary N) is 1. The standard InChI is InChI=1S/C28H33N3O2S/c1-7-12-30-24-11-9-20(14-21(24)19(4)16-28(30,5)6)15-22-25(32)29-27(34)31(26(22)33)23-10-8-17(2)13-18(23)3/h8-11,13-15,19H,7,12,16H2,1-6H3,(H,29,32,34)/b22-15-. The number of fused-ring (bicyclic) bond motifs is 1. The van der Waals surface area contributed by atoms with Crippen molar-refractivity contribution in [3.05, 3.63) is 64.2 Å². The first-order valence-electron chi connectivity index (χ1n) is 11.9. The van der Waals surface area contributed by atoms with Gasteiger partial charge in [-0.3, -0.25) is 19.8 Å². The molecular formula is C28H33N3O2S. The van der Waals surface area contributed by atoms with Gasteiger partial charge >= 0.3 is 0 Å². The zero-order valence-electron chi connectivity index (χ0n) is 20.9. The van der Waals surface area contributed by atoms with Crippen molar-refractivity contribution in [2.24, 2.45) is 0 Å². The minimum atomic E-state index is -0.462. The first-order valence-corrected chi connectivity index (χ1v) is 12.3. The number of rotatable bonds is 4. The first-order chi connectivity index (χ1) is 16.0. The Bertz CT molecular complexity index is 1210. The quantitative estimate of drug-likeness (QED) is 0.353. The van der Waals surface area contributed by atoms with Crippen LogP contribution in [-0.2, 0) is 9.59 Å². The van der Waals surface area contributed by atoms with Crippen LogP contribution in [0.2, 0.25) is 0 Å². The normalized spacial score (nSPS) is 21.1. The molecule has 0 spiro atoms. The number of thiocarbonyl (C=S) groups is 1. The highest BCUT2D eigenvalue weighted by Crippen LogP contribution is 2.44. The topological polar surface area (TPSA) is 52.7 Å². The summed E-state index contributed by atoms with van der Waals surface area (Å²) in [6, 6.07) is 12.1. The molecule has 5 nitrogen and oxygen atoms in total. The van der Waals surface area contributed by atoms with Crippen molar-refractivity contribution in [3.8, 4) is 0 Å². The molecule has 4 rings (SSSR count). The Morgan fingerprint density at radius 3 is 2.50 bits per heavy atom. The molecule has 2 amide bonds. The minimum Gasteiger partial charge on any atom is -0.366 e. The molecule has 2 aliphatic heterocycles. The van der Waals surface area contributed by atoms with Gasteiger partial charge in [0.2, 0.25) is 0 Å². The van der Waals surface area contributed by atoms with E-state index < -0.39 is 11.8 Å². The van der Waals surface area contributed by atoms with Crippen molar-refractivity contribution in [1.82, 2.24) is 5.32 Å². The average molecular weight is 476 g/mol. The van der Waals surface area contributed by atoms with E-state index in [0.717, 1.165) is 36.1 Å². The second-order valence-electron chi connectivity index (χ2n) is 10.1. The van der Waals surface area contributed by atoms with Crippen LogP contribution >= 0.6 is 12.2 Å². The molecule has 2 aromatic carbocycles. The fraction of sp³-hybridized carbons (Fsp3) is 0.393. The lowest BCUT2D eigenvalue weighted by molar-refractivity contribution is -0.122. The molecule has 1 atom stereocenters. The molecule has 1 N–H and O–H groups in total. The van der Waals surface area contributed by atoms with E-state index in [0.29, 0.717) is 11.6 Å². The Kier molecular flexibility index (Phi) is 6.38. The summed E-state index contributed by atoms with van der Waals surface area (Å²) in [7, 11) is 0. The van der Waals surface area contributed by atoms with E-state index in [1.807, 2.05) is 38.1 Å². The van der Waals surface area contributed by atoms with E-state index in [2.05, 4.69) is 50.0 Å². The highest BCUT2D eigenvalue weighted by molar-refractivity contribution is 7.80. The van der Waals surface area contributed by atoms with Crippen molar-refractivity contribution in [2.45, 2.75) is 65.8 Å². The van der Waals surface area contributed by atoms with Gasteiger partial charge < -0.3 is 4.90 Å². The van der Waals surface area contributed by atoms with Crippen LogP contribution in [0.25, 0.3) is 6.08 Å². The largest absolute Gasteiger partial charge is 0.366 e. The molecule has 2 heterocycles. The lowest BCUT2D eigenvalue weighted by Crippen LogP contribution is -2.54. The van der Waals surface area contributed by atoms with Crippen LogP contribution in [0.5, 0.6) is 0 Å². The predicted octanol–water partition coefficient (Wildman–Crippen LogP) is 5.64. The third-order valence-corrected chi connectivity index (χ3v) is 7.15. The molecule has 0 aliphatic carbocycles. The van der Waals surface area contributed by atoms with Gasteiger partial charge in [-0.2, -0.15) is 0 Å². The fourth-order valence-electron chi connectivity index (χ4n) is 5.34. The van der Waals surface area contributed by atoms with Crippen LogP contribution in [0.1, 0.15) is 68.7 Å².